The van der Waals surface area contributed by atoms with Crippen LogP contribution in [0.25, 0.3) is 0 Å². The van der Waals surface area contributed by atoms with Gasteiger partial charge in [-0.2, -0.15) is 0 Å². The third-order valence-electron chi connectivity index (χ3n) is 3.59. The van der Waals surface area contributed by atoms with Crippen LogP contribution in [0, 0.1) is 12.7 Å². The van der Waals surface area contributed by atoms with Crippen molar-refractivity contribution in [3.8, 4) is 0 Å². The number of benzene rings is 1. The first-order valence-electron chi connectivity index (χ1n) is 6.30. The molecule has 1 N–H and O–H groups in total. The SMILES string of the molecule is CCNC(c1ccc(C)c(F)c1)C(C)(C)S(C)(=O)=O. The lowest BCUT2D eigenvalue weighted by atomic mass is 9.94. The number of hydrogen-bond donors (Lipinski definition) is 1. The number of hydrogen-bond acceptors (Lipinski definition) is 3. The molecule has 0 aromatic heterocycles. The van der Waals surface area contributed by atoms with Crippen molar-refractivity contribution in [3.63, 3.8) is 0 Å². The van der Waals surface area contributed by atoms with Gasteiger partial charge in [0.2, 0.25) is 0 Å². The van der Waals surface area contributed by atoms with Gasteiger partial charge in [0.1, 0.15) is 5.82 Å². The Morgan fingerprint density at radius 2 is 1.95 bits per heavy atom. The second-order valence-electron chi connectivity index (χ2n) is 5.37. The lowest BCUT2D eigenvalue weighted by Crippen LogP contribution is -2.45. The van der Waals surface area contributed by atoms with E-state index in [1.54, 1.807) is 32.9 Å². The molecule has 1 unspecified atom stereocenters. The molecule has 0 spiro atoms. The number of nitrogens with one attached hydrogen (secondary N) is 1. The predicted molar refractivity (Wildman–Crippen MR) is 76.5 cm³/mol. The van der Waals surface area contributed by atoms with Crippen molar-refractivity contribution >= 4 is 9.84 Å². The van der Waals surface area contributed by atoms with Gasteiger partial charge in [-0.1, -0.05) is 19.1 Å². The van der Waals surface area contributed by atoms with E-state index >= 15 is 0 Å². The quantitative estimate of drug-likeness (QED) is 0.905. The van der Waals surface area contributed by atoms with E-state index in [0.29, 0.717) is 17.7 Å². The third-order valence-corrected chi connectivity index (χ3v) is 5.74. The second kappa shape index (κ2) is 5.59. The summed E-state index contributed by atoms with van der Waals surface area (Å²) in [4.78, 5) is 0. The van der Waals surface area contributed by atoms with E-state index in [1.165, 1.54) is 12.3 Å². The Morgan fingerprint density at radius 1 is 1.37 bits per heavy atom. The van der Waals surface area contributed by atoms with Crippen molar-refractivity contribution in [1.82, 2.24) is 5.32 Å². The maximum Gasteiger partial charge on any atom is 0.154 e. The predicted octanol–water partition coefficient (Wildman–Crippen LogP) is 2.61. The van der Waals surface area contributed by atoms with Crippen LogP contribution in [0.4, 0.5) is 4.39 Å². The van der Waals surface area contributed by atoms with Crippen LogP contribution in [0.2, 0.25) is 0 Å². The molecule has 1 rings (SSSR count). The Kier molecular flexibility index (Phi) is 4.74. The minimum absolute atomic E-state index is 0.315. The van der Waals surface area contributed by atoms with E-state index in [0.717, 1.165) is 0 Å². The number of rotatable bonds is 5. The van der Waals surface area contributed by atoms with Crippen LogP contribution in [0.3, 0.4) is 0 Å². The van der Waals surface area contributed by atoms with E-state index in [2.05, 4.69) is 5.32 Å². The first-order chi connectivity index (χ1) is 8.61. The van der Waals surface area contributed by atoms with E-state index < -0.39 is 20.6 Å². The summed E-state index contributed by atoms with van der Waals surface area (Å²) in [5.74, 6) is -0.315. The molecule has 1 atom stereocenters. The Labute approximate surface area is 115 Å². The molecule has 5 heteroatoms. The summed E-state index contributed by atoms with van der Waals surface area (Å²) in [6.07, 6.45) is 1.21. The molecule has 0 radical (unpaired) electrons. The van der Waals surface area contributed by atoms with E-state index in [4.69, 9.17) is 0 Å². The molecule has 108 valence electrons. The summed E-state index contributed by atoms with van der Waals surface area (Å²) < 4.78 is 36.6. The summed E-state index contributed by atoms with van der Waals surface area (Å²) >= 11 is 0. The van der Waals surface area contributed by atoms with Crippen LogP contribution >= 0.6 is 0 Å². The van der Waals surface area contributed by atoms with Crippen LogP contribution in [0.15, 0.2) is 18.2 Å². The molecule has 0 aliphatic carbocycles. The molecule has 1 aromatic carbocycles. The van der Waals surface area contributed by atoms with Crippen LogP contribution in [-0.4, -0.2) is 26.0 Å². The average molecular weight is 287 g/mol. The first kappa shape index (κ1) is 16.1. The molecule has 0 heterocycles. The average Bonchev–Trinajstić information content (AvgIpc) is 2.28. The van der Waals surface area contributed by atoms with Gasteiger partial charge in [-0.3, -0.25) is 0 Å². The fourth-order valence-corrected chi connectivity index (χ4v) is 2.62. The molecule has 19 heavy (non-hydrogen) atoms. The highest BCUT2D eigenvalue weighted by atomic mass is 32.2. The Balaban J connectivity index is 3.32. The zero-order valence-electron chi connectivity index (χ0n) is 12.1. The summed E-state index contributed by atoms with van der Waals surface area (Å²) in [6, 6.07) is 4.42. The van der Waals surface area contributed by atoms with Crippen LogP contribution in [0.5, 0.6) is 0 Å². The van der Waals surface area contributed by atoms with Crippen molar-refractivity contribution < 1.29 is 12.8 Å². The summed E-state index contributed by atoms with van der Waals surface area (Å²) in [5.41, 5.74) is 1.21. The topological polar surface area (TPSA) is 46.2 Å². The van der Waals surface area contributed by atoms with Gasteiger partial charge in [0.15, 0.2) is 9.84 Å². The molecule has 0 aliphatic rings. The number of aryl methyl sites for hydroxylation is 1. The number of halogens is 1. The van der Waals surface area contributed by atoms with Crippen molar-refractivity contribution in [2.75, 3.05) is 12.8 Å². The molecular weight excluding hydrogens is 265 g/mol. The summed E-state index contributed by atoms with van der Waals surface area (Å²) in [5, 5.41) is 3.15. The minimum atomic E-state index is -3.28. The fraction of sp³-hybridized carbons (Fsp3) is 0.571. The van der Waals surface area contributed by atoms with Gasteiger partial charge < -0.3 is 5.32 Å². The fourth-order valence-electron chi connectivity index (χ4n) is 1.97. The Hall–Kier alpha value is -0.940. The standard InChI is InChI=1S/C14H22FNO2S/c1-6-16-13(14(3,4)19(5,17)18)11-8-7-10(2)12(15)9-11/h7-9,13,16H,6H2,1-5H3. The normalized spacial score (nSPS) is 14.4. The van der Waals surface area contributed by atoms with Crippen molar-refractivity contribution in [2.24, 2.45) is 0 Å². The molecule has 3 nitrogen and oxygen atoms in total. The first-order valence-corrected chi connectivity index (χ1v) is 8.19. The monoisotopic (exact) mass is 287 g/mol. The van der Waals surface area contributed by atoms with Gasteiger partial charge in [0.25, 0.3) is 0 Å². The molecule has 0 fully saturated rings. The van der Waals surface area contributed by atoms with Gasteiger partial charge >= 0.3 is 0 Å². The lowest BCUT2D eigenvalue weighted by molar-refractivity contribution is 0.426. The summed E-state index contributed by atoms with van der Waals surface area (Å²) in [6.45, 7) is 7.51. The van der Waals surface area contributed by atoms with Gasteiger partial charge in [-0.25, -0.2) is 12.8 Å². The van der Waals surface area contributed by atoms with Crippen LogP contribution in [-0.2, 0) is 9.84 Å². The molecule has 0 aliphatic heterocycles. The highest BCUT2D eigenvalue weighted by Gasteiger charge is 2.39. The van der Waals surface area contributed by atoms with E-state index in [1.807, 2.05) is 6.92 Å². The highest BCUT2D eigenvalue weighted by Crippen LogP contribution is 2.32. The molecular formula is C14H22FNO2S. The van der Waals surface area contributed by atoms with E-state index in [-0.39, 0.29) is 5.82 Å². The maximum atomic E-state index is 13.7. The second-order valence-corrected chi connectivity index (χ2v) is 7.97. The van der Waals surface area contributed by atoms with E-state index in [9.17, 15) is 12.8 Å². The van der Waals surface area contributed by atoms with Gasteiger partial charge in [0, 0.05) is 6.26 Å². The lowest BCUT2D eigenvalue weighted by Gasteiger charge is -2.33. The largest absolute Gasteiger partial charge is 0.309 e. The Bertz CT molecular complexity index is 553. The van der Waals surface area contributed by atoms with Gasteiger partial charge in [0.05, 0.1) is 10.8 Å². The molecule has 0 bridgehead atoms. The third kappa shape index (κ3) is 3.34. The van der Waals surface area contributed by atoms with Crippen molar-refractivity contribution in [1.29, 1.82) is 0 Å². The smallest absolute Gasteiger partial charge is 0.154 e. The van der Waals surface area contributed by atoms with Gasteiger partial charge in [-0.15, -0.1) is 0 Å². The maximum absolute atomic E-state index is 13.7. The van der Waals surface area contributed by atoms with Crippen LogP contribution < -0.4 is 5.32 Å². The highest BCUT2D eigenvalue weighted by molar-refractivity contribution is 7.92. The zero-order chi connectivity index (χ0) is 14.8. The van der Waals surface area contributed by atoms with Crippen molar-refractivity contribution in [2.45, 2.75) is 38.5 Å². The minimum Gasteiger partial charge on any atom is -0.309 e. The Morgan fingerprint density at radius 3 is 2.37 bits per heavy atom. The van der Waals surface area contributed by atoms with Crippen LogP contribution in [0.1, 0.15) is 37.9 Å². The molecule has 0 amide bonds. The van der Waals surface area contributed by atoms with Crippen molar-refractivity contribution in [3.05, 3.63) is 35.1 Å². The molecule has 1 aromatic rings. The molecule has 0 saturated carbocycles. The number of sulfone groups is 1. The summed E-state index contributed by atoms with van der Waals surface area (Å²) in [7, 11) is -3.28. The van der Waals surface area contributed by atoms with Gasteiger partial charge in [-0.05, 0) is 44.5 Å². The zero-order valence-corrected chi connectivity index (χ0v) is 12.9. The molecule has 0 saturated heterocycles.